The van der Waals surface area contributed by atoms with Crippen molar-refractivity contribution in [1.29, 1.82) is 0 Å². The van der Waals surface area contributed by atoms with Gasteiger partial charge in [-0.15, -0.1) is 0 Å². The van der Waals surface area contributed by atoms with Crippen molar-refractivity contribution in [2.45, 2.75) is 25.6 Å². The number of hydrogen-bond donors (Lipinski definition) is 0. The number of rotatable bonds is 6. The summed E-state index contributed by atoms with van der Waals surface area (Å²) in [6.07, 6.45) is 2.36. The molecule has 0 amide bonds. The molecule has 1 aliphatic heterocycles. The SMILES string of the molecule is O=C(c1ccc(Cl)cc1)c1cc(OC2CCCCO2)cc(C(=O)c2ccc(Cl)cc2)c1. The van der Waals surface area contributed by atoms with E-state index >= 15 is 0 Å². The highest BCUT2D eigenvalue weighted by Crippen LogP contribution is 2.26. The molecule has 0 radical (unpaired) electrons. The summed E-state index contributed by atoms with van der Waals surface area (Å²) in [5, 5.41) is 1.09. The molecule has 1 saturated heterocycles. The minimum absolute atomic E-state index is 0.225. The van der Waals surface area contributed by atoms with E-state index in [0.717, 1.165) is 19.3 Å². The maximum absolute atomic E-state index is 13.1. The summed E-state index contributed by atoms with van der Waals surface area (Å²) in [6, 6.07) is 18.1. The third-order valence-corrected chi connectivity index (χ3v) is 5.55. The molecule has 0 aliphatic carbocycles. The van der Waals surface area contributed by atoms with Crippen molar-refractivity contribution in [1.82, 2.24) is 0 Å². The van der Waals surface area contributed by atoms with E-state index in [0.29, 0.717) is 44.7 Å². The van der Waals surface area contributed by atoms with Crippen molar-refractivity contribution in [3.63, 3.8) is 0 Å². The quantitative estimate of drug-likeness (QED) is 0.406. The highest BCUT2D eigenvalue weighted by Gasteiger charge is 2.20. The van der Waals surface area contributed by atoms with Crippen LogP contribution in [0, 0.1) is 0 Å². The van der Waals surface area contributed by atoms with Crippen LogP contribution in [0.15, 0.2) is 66.7 Å². The van der Waals surface area contributed by atoms with E-state index in [-0.39, 0.29) is 11.6 Å². The molecule has 0 aromatic heterocycles. The van der Waals surface area contributed by atoms with Crippen molar-refractivity contribution in [3.05, 3.63) is 99.0 Å². The van der Waals surface area contributed by atoms with Crippen LogP contribution in [0.4, 0.5) is 0 Å². The molecule has 0 saturated carbocycles. The van der Waals surface area contributed by atoms with Crippen molar-refractivity contribution in [2.24, 2.45) is 0 Å². The van der Waals surface area contributed by atoms with Crippen molar-refractivity contribution >= 4 is 34.8 Å². The molecule has 1 heterocycles. The maximum Gasteiger partial charge on any atom is 0.199 e. The average Bonchev–Trinajstić information content (AvgIpc) is 2.79. The second kappa shape index (κ2) is 9.65. The van der Waals surface area contributed by atoms with Gasteiger partial charge < -0.3 is 9.47 Å². The molecule has 4 rings (SSSR count). The Labute approximate surface area is 190 Å². The van der Waals surface area contributed by atoms with E-state index in [1.807, 2.05) is 0 Å². The zero-order valence-corrected chi connectivity index (χ0v) is 18.2. The van der Waals surface area contributed by atoms with Crippen LogP contribution in [0.25, 0.3) is 0 Å². The van der Waals surface area contributed by atoms with Gasteiger partial charge in [0.05, 0.1) is 6.61 Å². The molecule has 0 N–H and O–H groups in total. The molecule has 1 fully saturated rings. The highest BCUT2D eigenvalue weighted by molar-refractivity contribution is 6.31. The van der Waals surface area contributed by atoms with Crippen LogP contribution < -0.4 is 4.74 Å². The molecular formula is C25H20Cl2O4. The largest absolute Gasteiger partial charge is 0.465 e. The van der Waals surface area contributed by atoms with Crippen LogP contribution in [0.2, 0.25) is 10.0 Å². The Morgan fingerprint density at radius 2 is 1.26 bits per heavy atom. The molecule has 6 heteroatoms. The number of carbonyl (C=O) groups excluding carboxylic acids is 2. The number of ketones is 2. The standard InChI is InChI=1S/C25H20Cl2O4/c26-20-8-4-16(5-9-20)24(28)18-13-19(25(29)17-6-10-21(27)11-7-17)15-22(14-18)31-23-3-1-2-12-30-23/h4-11,13-15,23H,1-3,12H2. The van der Waals surface area contributed by atoms with E-state index < -0.39 is 6.29 Å². The zero-order chi connectivity index (χ0) is 21.8. The van der Waals surface area contributed by atoms with Gasteiger partial charge in [0.25, 0.3) is 0 Å². The maximum atomic E-state index is 13.1. The number of carbonyl (C=O) groups is 2. The number of hydrogen-bond acceptors (Lipinski definition) is 4. The Hall–Kier alpha value is -2.66. The second-order valence-electron chi connectivity index (χ2n) is 7.33. The molecule has 0 spiro atoms. The van der Waals surface area contributed by atoms with Gasteiger partial charge in [0, 0.05) is 38.7 Å². The Bertz CT molecular complexity index is 1010. The predicted molar refractivity (Wildman–Crippen MR) is 120 cm³/mol. The van der Waals surface area contributed by atoms with E-state index in [9.17, 15) is 9.59 Å². The number of benzene rings is 3. The summed E-state index contributed by atoms with van der Waals surface area (Å²) >= 11 is 11.9. The van der Waals surface area contributed by atoms with Gasteiger partial charge in [0.2, 0.25) is 0 Å². The summed E-state index contributed by atoms with van der Waals surface area (Å²) < 4.78 is 11.6. The lowest BCUT2D eigenvalue weighted by molar-refractivity contribution is -0.105. The van der Waals surface area contributed by atoms with Crippen LogP contribution in [-0.2, 0) is 4.74 Å². The van der Waals surface area contributed by atoms with Crippen LogP contribution in [0.5, 0.6) is 5.75 Å². The summed E-state index contributed by atoms with van der Waals surface area (Å²) in [5.74, 6) is -0.0299. The lowest BCUT2D eigenvalue weighted by Gasteiger charge is -2.24. The van der Waals surface area contributed by atoms with Gasteiger partial charge >= 0.3 is 0 Å². The molecule has 4 nitrogen and oxygen atoms in total. The van der Waals surface area contributed by atoms with Crippen LogP contribution in [0.3, 0.4) is 0 Å². The van der Waals surface area contributed by atoms with E-state index in [1.165, 1.54) is 0 Å². The fraction of sp³-hybridized carbons (Fsp3) is 0.200. The smallest absolute Gasteiger partial charge is 0.199 e. The Morgan fingerprint density at radius 3 is 1.71 bits per heavy atom. The molecular weight excluding hydrogens is 435 g/mol. The topological polar surface area (TPSA) is 52.6 Å². The van der Waals surface area contributed by atoms with Crippen LogP contribution >= 0.6 is 23.2 Å². The van der Waals surface area contributed by atoms with E-state index in [2.05, 4.69) is 0 Å². The van der Waals surface area contributed by atoms with Crippen LogP contribution in [-0.4, -0.2) is 24.5 Å². The summed E-state index contributed by atoms with van der Waals surface area (Å²) in [5.41, 5.74) is 1.65. The highest BCUT2D eigenvalue weighted by atomic mass is 35.5. The first-order valence-electron chi connectivity index (χ1n) is 10.0. The second-order valence-corrected chi connectivity index (χ2v) is 8.20. The lowest BCUT2D eigenvalue weighted by atomic mass is 9.97. The summed E-state index contributed by atoms with van der Waals surface area (Å²) in [4.78, 5) is 26.2. The molecule has 3 aromatic rings. The van der Waals surface area contributed by atoms with Gasteiger partial charge in [-0.3, -0.25) is 9.59 Å². The van der Waals surface area contributed by atoms with Gasteiger partial charge in [-0.25, -0.2) is 0 Å². The summed E-state index contributed by atoms with van der Waals surface area (Å²) in [6.45, 7) is 0.630. The molecule has 1 atom stereocenters. The van der Waals surface area contributed by atoms with Gasteiger partial charge in [0.15, 0.2) is 17.9 Å². The molecule has 1 aliphatic rings. The lowest BCUT2D eigenvalue weighted by Crippen LogP contribution is -2.25. The third kappa shape index (κ3) is 5.34. The minimum Gasteiger partial charge on any atom is -0.465 e. The predicted octanol–water partition coefficient (Wildman–Crippen LogP) is 6.36. The molecule has 3 aromatic carbocycles. The van der Waals surface area contributed by atoms with Gasteiger partial charge in [0.1, 0.15) is 5.75 Å². The average molecular weight is 455 g/mol. The van der Waals surface area contributed by atoms with Crippen molar-refractivity contribution < 1.29 is 19.1 Å². The van der Waals surface area contributed by atoms with E-state index in [1.54, 1.807) is 66.7 Å². The Balaban J connectivity index is 1.70. The van der Waals surface area contributed by atoms with E-state index in [4.69, 9.17) is 32.7 Å². The van der Waals surface area contributed by atoms with Gasteiger partial charge in [-0.1, -0.05) is 23.2 Å². The molecule has 31 heavy (non-hydrogen) atoms. The number of halogens is 2. The normalized spacial score (nSPS) is 16.0. The first-order valence-corrected chi connectivity index (χ1v) is 10.8. The Morgan fingerprint density at radius 1 is 0.742 bits per heavy atom. The first-order chi connectivity index (χ1) is 15.0. The van der Waals surface area contributed by atoms with Gasteiger partial charge in [-0.05, 0) is 79.6 Å². The van der Waals surface area contributed by atoms with Crippen molar-refractivity contribution in [3.8, 4) is 5.75 Å². The number of ether oxygens (including phenoxy) is 2. The fourth-order valence-electron chi connectivity index (χ4n) is 3.42. The third-order valence-electron chi connectivity index (χ3n) is 5.05. The Kier molecular flexibility index (Phi) is 6.71. The van der Waals surface area contributed by atoms with Crippen LogP contribution in [0.1, 0.15) is 51.1 Å². The molecule has 0 bridgehead atoms. The fourth-order valence-corrected chi connectivity index (χ4v) is 3.67. The van der Waals surface area contributed by atoms with Gasteiger partial charge in [-0.2, -0.15) is 0 Å². The van der Waals surface area contributed by atoms with Crippen molar-refractivity contribution in [2.75, 3.05) is 6.61 Å². The first kappa shape index (κ1) is 21.6. The molecule has 1 unspecified atom stereocenters. The monoisotopic (exact) mass is 454 g/mol. The minimum atomic E-state index is -0.395. The molecule has 158 valence electrons. The summed E-state index contributed by atoms with van der Waals surface area (Å²) in [7, 11) is 0. The zero-order valence-electron chi connectivity index (χ0n) is 16.6.